The number of aliphatic hydroxyl groups excluding tert-OH is 1. The lowest BCUT2D eigenvalue weighted by Gasteiger charge is -2.24. The van der Waals surface area contributed by atoms with Crippen molar-refractivity contribution in [2.45, 2.75) is 31.9 Å². The fourth-order valence-electron chi connectivity index (χ4n) is 2.20. The predicted octanol–water partition coefficient (Wildman–Crippen LogP) is 0.603. The van der Waals surface area contributed by atoms with Crippen molar-refractivity contribution >= 4 is 5.91 Å². The first kappa shape index (κ1) is 14.8. The van der Waals surface area contributed by atoms with Crippen LogP contribution in [0.15, 0.2) is 24.3 Å². The molecule has 1 aliphatic heterocycles. The second kappa shape index (κ2) is 7.26. The summed E-state index contributed by atoms with van der Waals surface area (Å²) in [6.45, 7) is 3.30. The molecule has 3 N–H and O–H groups in total. The van der Waals surface area contributed by atoms with Gasteiger partial charge >= 0.3 is 0 Å². The molecule has 5 nitrogen and oxygen atoms in total. The highest BCUT2D eigenvalue weighted by Crippen LogP contribution is 2.12. The molecule has 1 saturated heterocycles. The van der Waals surface area contributed by atoms with Crippen molar-refractivity contribution in [1.29, 1.82) is 0 Å². The molecule has 1 amide bonds. The predicted molar refractivity (Wildman–Crippen MR) is 76.7 cm³/mol. The molecule has 1 aromatic carbocycles. The standard InChI is InChI=1S/C15H22N2O3/c1-11-4-2-5-13(8-11)20-10-12(18)9-17-14-6-3-7-16-15(14)19/h2,4-5,8,12,14,17-18H,3,6-7,9-10H2,1H3,(H,16,19). The topological polar surface area (TPSA) is 70.6 Å². The maximum absolute atomic E-state index is 11.5. The van der Waals surface area contributed by atoms with Crippen LogP contribution in [0.2, 0.25) is 0 Å². The van der Waals surface area contributed by atoms with Crippen molar-refractivity contribution in [3.05, 3.63) is 29.8 Å². The Balaban J connectivity index is 1.70. The van der Waals surface area contributed by atoms with Crippen LogP contribution in [-0.4, -0.2) is 42.9 Å². The van der Waals surface area contributed by atoms with E-state index in [1.165, 1.54) is 0 Å². The molecule has 0 aliphatic carbocycles. The lowest BCUT2D eigenvalue weighted by Crippen LogP contribution is -2.50. The lowest BCUT2D eigenvalue weighted by atomic mass is 10.1. The third-order valence-electron chi connectivity index (χ3n) is 3.32. The van der Waals surface area contributed by atoms with Crippen LogP contribution in [0.4, 0.5) is 0 Å². The van der Waals surface area contributed by atoms with E-state index in [4.69, 9.17) is 4.74 Å². The van der Waals surface area contributed by atoms with Crippen molar-refractivity contribution in [1.82, 2.24) is 10.6 Å². The molecule has 1 fully saturated rings. The lowest BCUT2D eigenvalue weighted by molar-refractivity contribution is -0.124. The molecule has 0 bridgehead atoms. The second-order valence-corrected chi connectivity index (χ2v) is 5.18. The quantitative estimate of drug-likeness (QED) is 0.713. The number of amides is 1. The Bertz CT molecular complexity index is 450. The van der Waals surface area contributed by atoms with Crippen LogP contribution in [0, 0.1) is 6.92 Å². The number of piperidine rings is 1. The Labute approximate surface area is 119 Å². The van der Waals surface area contributed by atoms with Gasteiger partial charge in [-0.25, -0.2) is 0 Å². The van der Waals surface area contributed by atoms with Crippen molar-refractivity contribution in [2.75, 3.05) is 19.7 Å². The number of aliphatic hydroxyl groups is 1. The Hall–Kier alpha value is -1.59. The minimum Gasteiger partial charge on any atom is -0.491 e. The number of hydrogen-bond donors (Lipinski definition) is 3. The van der Waals surface area contributed by atoms with Gasteiger partial charge in [-0.05, 0) is 37.5 Å². The van der Waals surface area contributed by atoms with E-state index >= 15 is 0 Å². The van der Waals surface area contributed by atoms with Gasteiger partial charge in [-0.15, -0.1) is 0 Å². The van der Waals surface area contributed by atoms with Gasteiger partial charge in [0, 0.05) is 13.1 Å². The SMILES string of the molecule is Cc1cccc(OCC(O)CNC2CCCNC2=O)c1. The zero-order chi connectivity index (χ0) is 14.4. The number of benzene rings is 1. The van der Waals surface area contributed by atoms with Crippen LogP contribution in [0.3, 0.4) is 0 Å². The average Bonchev–Trinajstić information content (AvgIpc) is 2.44. The zero-order valence-electron chi connectivity index (χ0n) is 11.8. The Kier molecular flexibility index (Phi) is 5.38. The number of carbonyl (C=O) groups excluding carboxylic acids is 1. The fourth-order valence-corrected chi connectivity index (χ4v) is 2.20. The van der Waals surface area contributed by atoms with E-state index < -0.39 is 6.10 Å². The molecule has 1 heterocycles. The molecule has 0 saturated carbocycles. The third-order valence-corrected chi connectivity index (χ3v) is 3.32. The highest BCUT2D eigenvalue weighted by Gasteiger charge is 2.21. The Morgan fingerprint density at radius 1 is 1.55 bits per heavy atom. The zero-order valence-corrected chi connectivity index (χ0v) is 11.8. The largest absolute Gasteiger partial charge is 0.491 e. The number of aryl methyl sites for hydroxylation is 1. The molecule has 0 spiro atoms. The van der Waals surface area contributed by atoms with Gasteiger partial charge in [0.2, 0.25) is 5.91 Å². The first-order chi connectivity index (χ1) is 9.65. The normalized spacial score (nSPS) is 20.3. The van der Waals surface area contributed by atoms with Gasteiger partial charge in [0.15, 0.2) is 0 Å². The number of hydrogen-bond acceptors (Lipinski definition) is 4. The monoisotopic (exact) mass is 278 g/mol. The molecular formula is C15H22N2O3. The van der Waals surface area contributed by atoms with Crippen molar-refractivity contribution < 1.29 is 14.6 Å². The minimum atomic E-state index is -0.634. The first-order valence-corrected chi connectivity index (χ1v) is 7.04. The van der Waals surface area contributed by atoms with Crippen LogP contribution in [0.25, 0.3) is 0 Å². The molecule has 1 aromatic rings. The van der Waals surface area contributed by atoms with E-state index in [0.29, 0.717) is 6.54 Å². The van der Waals surface area contributed by atoms with Crippen molar-refractivity contribution in [2.24, 2.45) is 0 Å². The summed E-state index contributed by atoms with van der Waals surface area (Å²) in [6.07, 6.45) is 1.15. The number of carbonyl (C=O) groups is 1. The van der Waals surface area contributed by atoms with E-state index in [0.717, 1.165) is 30.7 Å². The van der Waals surface area contributed by atoms with Crippen LogP contribution in [0.1, 0.15) is 18.4 Å². The summed E-state index contributed by atoms with van der Waals surface area (Å²) < 4.78 is 5.52. The van der Waals surface area contributed by atoms with Gasteiger partial charge in [-0.2, -0.15) is 0 Å². The van der Waals surface area contributed by atoms with Crippen LogP contribution in [-0.2, 0) is 4.79 Å². The number of nitrogens with one attached hydrogen (secondary N) is 2. The Morgan fingerprint density at radius 2 is 2.40 bits per heavy atom. The van der Waals surface area contributed by atoms with Crippen LogP contribution in [0.5, 0.6) is 5.75 Å². The summed E-state index contributed by atoms with van der Waals surface area (Å²) in [5.74, 6) is 0.766. The smallest absolute Gasteiger partial charge is 0.237 e. The number of rotatable bonds is 6. The molecule has 2 unspecified atom stereocenters. The van der Waals surface area contributed by atoms with Gasteiger partial charge in [0.25, 0.3) is 0 Å². The van der Waals surface area contributed by atoms with Crippen LogP contribution < -0.4 is 15.4 Å². The molecular weight excluding hydrogens is 256 g/mol. The molecule has 110 valence electrons. The maximum Gasteiger partial charge on any atom is 0.237 e. The highest BCUT2D eigenvalue weighted by molar-refractivity contribution is 5.82. The van der Waals surface area contributed by atoms with Crippen molar-refractivity contribution in [3.63, 3.8) is 0 Å². The summed E-state index contributed by atoms with van der Waals surface area (Å²) in [5, 5.41) is 15.8. The molecule has 0 radical (unpaired) electrons. The summed E-state index contributed by atoms with van der Waals surface area (Å²) in [5.41, 5.74) is 1.12. The Morgan fingerprint density at radius 3 is 3.15 bits per heavy atom. The summed E-state index contributed by atoms with van der Waals surface area (Å²) in [4.78, 5) is 11.5. The molecule has 2 atom stereocenters. The van der Waals surface area contributed by atoms with Gasteiger partial charge in [0.05, 0.1) is 6.04 Å². The second-order valence-electron chi connectivity index (χ2n) is 5.18. The van der Waals surface area contributed by atoms with Gasteiger partial charge in [0.1, 0.15) is 18.5 Å². The van der Waals surface area contributed by atoms with E-state index in [9.17, 15) is 9.90 Å². The molecule has 5 heteroatoms. The average molecular weight is 278 g/mol. The summed E-state index contributed by atoms with van der Waals surface area (Å²) >= 11 is 0. The van der Waals surface area contributed by atoms with Gasteiger partial charge < -0.3 is 20.5 Å². The van der Waals surface area contributed by atoms with E-state index in [1.54, 1.807) is 0 Å². The summed E-state index contributed by atoms with van der Waals surface area (Å²) in [6, 6.07) is 7.50. The maximum atomic E-state index is 11.5. The third kappa shape index (κ3) is 4.51. The van der Waals surface area contributed by atoms with Crippen molar-refractivity contribution in [3.8, 4) is 5.75 Å². The van der Waals surface area contributed by atoms with Gasteiger partial charge in [-0.1, -0.05) is 12.1 Å². The number of ether oxygens (including phenoxy) is 1. The van der Waals surface area contributed by atoms with Gasteiger partial charge in [-0.3, -0.25) is 4.79 Å². The van der Waals surface area contributed by atoms with E-state index in [-0.39, 0.29) is 18.6 Å². The van der Waals surface area contributed by atoms with Crippen LogP contribution >= 0.6 is 0 Å². The summed E-state index contributed by atoms with van der Waals surface area (Å²) in [7, 11) is 0. The molecule has 2 rings (SSSR count). The fraction of sp³-hybridized carbons (Fsp3) is 0.533. The molecule has 20 heavy (non-hydrogen) atoms. The van der Waals surface area contributed by atoms with E-state index in [1.807, 2.05) is 31.2 Å². The van der Waals surface area contributed by atoms with E-state index in [2.05, 4.69) is 10.6 Å². The first-order valence-electron chi connectivity index (χ1n) is 7.04. The minimum absolute atomic E-state index is 0.0167. The molecule has 0 aromatic heterocycles. The molecule has 1 aliphatic rings. The highest BCUT2D eigenvalue weighted by atomic mass is 16.5.